The summed E-state index contributed by atoms with van der Waals surface area (Å²) in [5.41, 5.74) is 4.30. The zero-order chi connectivity index (χ0) is 16.9. The van der Waals surface area contributed by atoms with Crippen molar-refractivity contribution in [1.82, 2.24) is 10.4 Å². The Morgan fingerprint density at radius 2 is 2.21 bits per heavy atom. The van der Waals surface area contributed by atoms with Crippen molar-refractivity contribution in [3.8, 4) is 5.75 Å². The van der Waals surface area contributed by atoms with E-state index in [-0.39, 0.29) is 12.5 Å². The molecule has 0 aliphatic heterocycles. The Labute approximate surface area is 151 Å². The number of fused-ring (bicyclic) bond motifs is 1. The first-order chi connectivity index (χ1) is 11.6. The maximum absolute atomic E-state index is 11.7. The van der Waals surface area contributed by atoms with E-state index in [9.17, 15) is 4.79 Å². The molecule has 2 N–H and O–H groups in total. The summed E-state index contributed by atoms with van der Waals surface area (Å²) in [5.74, 6) is 0.176. The fourth-order valence-corrected chi connectivity index (χ4v) is 2.67. The lowest BCUT2D eigenvalue weighted by atomic mass is 10.2. The molecular weight excluding hydrogens is 394 g/mol. The van der Waals surface area contributed by atoms with E-state index in [2.05, 4.69) is 31.4 Å². The standard InChI is InChI=1S/C17H13BrClN3O2/c18-12-4-5-16-15(6-12)11(8-20-16)9-21-22-17(23)10-24-14-3-1-2-13(19)7-14/h1-9,20H,10H2,(H,22,23)/b21-9+. The quantitative estimate of drug-likeness (QED) is 0.494. The molecule has 0 atom stereocenters. The SMILES string of the molecule is O=C(COc1cccc(Cl)c1)N/N=C/c1c[nH]c2ccc(Br)cc12. The number of rotatable bonds is 5. The summed E-state index contributed by atoms with van der Waals surface area (Å²) in [6.45, 7) is -0.142. The molecule has 5 nitrogen and oxygen atoms in total. The minimum absolute atomic E-state index is 0.142. The van der Waals surface area contributed by atoms with Gasteiger partial charge in [0.2, 0.25) is 0 Å². The van der Waals surface area contributed by atoms with E-state index in [4.69, 9.17) is 16.3 Å². The Kier molecular flexibility index (Phi) is 5.17. The minimum atomic E-state index is -0.354. The zero-order valence-corrected chi connectivity index (χ0v) is 14.8. The topological polar surface area (TPSA) is 66.5 Å². The number of hydrazone groups is 1. The number of benzene rings is 2. The summed E-state index contributed by atoms with van der Waals surface area (Å²) >= 11 is 9.29. The van der Waals surface area contributed by atoms with E-state index in [1.807, 2.05) is 24.4 Å². The number of nitrogens with zero attached hydrogens (tertiary/aromatic N) is 1. The predicted molar refractivity (Wildman–Crippen MR) is 98.7 cm³/mol. The number of ether oxygens (including phenoxy) is 1. The van der Waals surface area contributed by atoms with Crippen molar-refractivity contribution in [3.63, 3.8) is 0 Å². The van der Waals surface area contributed by atoms with Crippen LogP contribution in [0.5, 0.6) is 5.75 Å². The predicted octanol–water partition coefficient (Wildman–Crippen LogP) is 4.11. The monoisotopic (exact) mass is 405 g/mol. The summed E-state index contributed by atoms with van der Waals surface area (Å²) < 4.78 is 6.31. The molecule has 0 fully saturated rings. The number of carbonyl (C=O) groups is 1. The van der Waals surface area contributed by atoms with Gasteiger partial charge in [-0.15, -0.1) is 0 Å². The van der Waals surface area contributed by atoms with Crippen molar-refractivity contribution in [2.75, 3.05) is 6.61 Å². The second kappa shape index (κ2) is 7.51. The lowest BCUT2D eigenvalue weighted by molar-refractivity contribution is -0.123. The summed E-state index contributed by atoms with van der Waals surface area (Å²) in [5, 5.41) is 5.52. The van der Waals surface area contributed by atoms with Gasteiger partial charge >= 0.3 is 0 Å². The normalized spacial score (nSPS) is 11.1. The third-order valence-electron chi connectivity index (χ3n) is 3.23. The first-order valence-electron chi connectivity index (χ1n) is 7.09. The number of nitrogens with one attached hydrogen (secondary N) is 2. The van der Waals surface area contributed by atoms with Gasteiger partial charge in [-0.1, -0.05) is 33.6 Å². The van der Waals surface area contributed by atoms with E-state index in [0.717, 1.165) is 20.9 Å². The molecule has 0 aliphatic carbocycles. The molecule has 0 spiro atoms. The fourth-order valence-electron chi connectivity index (χ4n) is 2.13. The van der Waals surface area contributed by atoms with Gasteiger partial charge in [-0.3, -0.25) is 4.79 Å². The first kappa shape index (κ1) is 16.5. The van der Waals surface area contributed by atoms with Crippen molar-refractivity contribution in [3.05, 3.63) is 63.7 Å². The largest absolute Gasteiger partial charge is 0.484 e. The lowest BCUT2D eigenvalue weighted by Crippen LogP contribution is -2.24. The van der Waals surface area contributed by atoms with Gasteiger partial charge in [0.1, 0.15) is 5.75 Å². The van der Waals surface area contributed by atoms with Crippen LogP contribution in [0.25, 0.3) is 10.9 Å². The van der Waals surface area contributed by atoms with Gasteiger partial charge in [0.25, 0.3) is 5.91 Å². The number of hydrogen-bond donors (Lipinski definition) is 2. The average Bonchev–Trinajstić information content (AvgIpc) is 2.95. The van der Waals surface area contributed by atoms with Crippen LogP contribution in [0.3, 0.4) is 0 Å². The Balaban J connectivity index is 1.57. The molecule has 1 heterocycles. The van der Waals surface area contributed by atoms with Gasteiger partial charge in [0.05, 0.1) is 6.21 Å². The summed E-state index contributed by atoms with van der Waals surface area (Å²) in [6.07, 6.45) is 3.41. The van der Waals surface area contributed by atoms with Crippen LogP contribution in [0.4, 0.5) is 0 Å². The van der Waals surface area contributed by atoms with Gasteiger partial charge in [0, 0.05) is 32.2 Å². The second-order valence-corrected chi connectivity index (χ2v) is 6.33. The molecule has 1 aromatic heterocycles. The number of carbonyl (C=O) groups excluding carboxylic acids is 1. The van der Waals surface area contributed by atoms with Gasteiger partial charge in [0.15, 0.2) is 6.61 Å². The number of aromatic nitrogens is 1. The van der Waals surface area contributed by atoms with Crippen molar-refractivity contribution in [2.24, 2.45) is 5.10 Å². The number of hydrogen-bond acceptors (Lipinski definition) is 3. The Hall–Kier alpha value is -2.31. The number of H-pyrrole nitrogens is 1. The molecule has 0 radical (unpaired) electrons. The van der Waals surface area contributed by atoms with Crippen LogP contribution in [0.1, 0.15) is 5.56 Å². The smallest absolute Gasteiger partial charge is 0.277 e. The highest BCUT2D eigenvalue weighted by Crippen LogP contribution is 2.21. The molecule has 2 aromatic carbocycles. The van der Waals surface area contributed by atoms with E-state index in [0.29, 0.717) is 10.8 Å². The minimum Gasteiger partial charge on any atom is -0.484 e. The molecule has 3 aromatic rings. The summed E-state index contributed by atoms with van der Waals surface area (Å²) in [7, 11) is 0. The third-order valence-corrected chi connectivity index (χ3v) is 3.96. The molecule has 0 aliphatic rings. The average molecular weight is 407 g/mol. The molecule has 0 bridgehead atoms. The summed E-state index contributed by atoms with van der Waals surface area (Å²) in [4.78, 5) is 14.9. The van der Waals surface area contributed by atoms with Crippen LogP contribution >= 0.6 is 27.5 Å². The van der Waals surface area contributed by atoms with Crippen LogP contribution in [0.2, 0.25) is 5.02 Å². The second-order valence-electron chi connectivity index (χ2n) is 4.97. The lowest BCUT2D eigenvalue weighted by Gasteiger charge is -2.04. The van der Waals surface area contributed by atoms with Gasteiger partial charge in [-0.25, -0.2) is 5.43 Å². The van der Waals surface area contributed by atoms with Crippen molar-refractivity contribution in [2.45, 2.75) is 0 Å². The Morgan fingerprint density at radius 3 is 3.04 bits per heavy atom. The third kappa shape index (κ3) is 4.15. The highest BCUT2D eigenvalue weighted by Gasteiger charge is 2.04. The van der Waals surface area contributed by atoms with Crippen molar-refractivity contribution >= 4 is 50.6 Å². The van der Waals surface area contributed by atoms with Crippen LogP contribution in [0, 0.1) is 0 Å². The molecule has 3 rings (SSSR count). The van der Waals surface area contributed by atoms with Crippen LogP contribution in [0.15, 0.2) is 58.2 Å². The Bertz CT molecular complexity index is 908. The summed E-state index contributed by atoms with van der Waals surface area (Å²) in [6, 6.07) is 12.8. The van der Waals surface area contributed by atoms with Crippen LogP contribution in [-0.2, 0) is 4.79 Å². The molecule has 24 heavy (non-hydrogen) atoms. The van der Waals surface area contributed by atoms with Crippen molar-refractivity contribution < 1.29 is 9.53 Å². The molecule has 0 unspecified atom stereocenters. The highest BCUT2D eigenvalue weighted by atomic mass is 79.9. The highest BCUT2D eigenvalue weighted by molar-refractivity contribution is 9.10. The van der Waals surface area contributed by atoms with E-state index in [1.54, 1.807) is 30.5 Å². The maximum Gasteiger partial charge on any atom is 0.277 e. The van der Waals surface area contributed by atoms with Crippen molar-refractivity contribution in [1.29, 1.82) is 0 Å². The van der Waals surface area contributed by atoms with Crippen LogP contribution < -0.4 is 10.2 Å². The van der Waals surface area contributed by atoms with Gasteiger partial charge in [-0.2, -0.15) is 5.10 Å². The number of halogens is 2. The molecule has 0 saturated heterocycles. The zero-order valence-electron chi connectivity index (χ0n) is 12.4. The number of amides is 1. The molecule has 122 valence electrons. The van der Waals surface area contributed by atoms with E-state index >= 15 is 0 Å². The molecule has 1 amide bonds. The first-order valence-corrected chi connectivity index (χ1v) is 8.26. The molecular formula is C17H13BrClN3O2. The Morgan fingerprint density at radius 1 is 1.33 bits per heavy atom. The number of aromatic amines is 1. The van der Waals surface area contributed by atoms with Gasteiger partial charge in [-0.05, 0) is 36.4 Å². The van der Waals surface area contributed by atoms with E-state index in [1.165, 1.54) is 0 Å². The van der Waals surface area contributed by atoms with Gasteiger partial charge < -0.3 is 9.72 Å². The fraction of sp³-hybridized carbons (Fsp3) is 0.0588. The molecule has 7 heteroatoms. The van der Waals surface area contributed by atoms with E-state index < -0.39 is 0 Å². The maximum atomic E-state index is 11.7. The molecule has 0 saturated carbocycles. The van der Waals surface area contributed by atoms with Crippen LogP contribution in [-0.4, -0.2) is 23.7 Å².